The molecule has 0 radical (unpaired) electrons. The number of carbonyl (C=O) groups is 1. The van der Waals surface area contributed by atoms with Crippen LogP contribution in [0.1, 0.15) is 39.4 Å². The van der Waals surface area contributed by atoms with Gasteiger partial charge in [0.2, 0.25) is 0 Å². The van der Waals surface area contributed by atoms with Crippen molar-refractivity contribution in [3.05, 3.63) is 18.1 Å². The fraction of sp³-hybridized carbons (Fsp3) is 0.643. The first kappa shape index (κ1) is 16.1. The van der Waals surface area contributed by atoms with Crippen LogP contribution in [-0.2, 0) is 4.79 Å². The lowest BCUT2D eigenvalue weighted by Gasteiger charge is -2.28. The molecule has 1 atom stereocenters. The summed E-state index contributed by atoms with van der Waals surface area (Å²) in [6, 6.07) is 2.10. The minimum Gasteiger partial charge on any atom is -0.480 e. The molecule has 108 valence electrons. The van der Waals surface area contributed by atoms with Crippen molar-refractivity contribution < 1.29 is 14.3 Å². The Hall–Kier alpha value is -0.940. The molecule has 1 heterocycles. The molecule has 0 spiro atoms. The Morgan fingerprint density at radius 3 is 2.74 bits per heavy atom. The lowest BCUT2D eigenvalue weighted by molar-refractivity contribution is -0.144. The molecule has 0 aliphatic rings. The highest BCUT2D eigenvalue weighted by Crippen LogP contribution is 2.25. The molecular weight excluding hydrogens is 262 g/mol. The molecule has 0 aliphatic carbocycles. The lowest BCUT2D eigenvalue weighted by atomic mass is 9.95. The molecule has 5 heteroatoms. The first-order valence-corrected chi connectivity index (χ1v) is 7.51. The van der Waals surface area contributed by atoms with E-state index >= 15 is 0 Å². The smallest absolute Gasteiger partial charge is 0.323 e. The van der Waals surface area contributed by atoms with Gasteiger partial charge in [0.05, 0.1) is 6.26 Å². The number of furan rings is 1. The van der Waals surface area contributed by atoms with Crippen molar-refractivity contribution in [2.45, 2.75) is 57.0 Å². The predicted molar refractivity (Wildman–Crippen MR) is 77.7 cm³/mol. The topological polar surface area (TPSA) is 62.5 Å². The van der Waals surface area contributed by atoms with Gasteiger partial charge in [0.15, 0.2) is 0 Å². The van der Waals surface area contributed by atoms with Crippen LogP contribution < -0.4 is 5.32 Å². The van der Waals surface area contributed by atoms with Gasteiger partial charge < -0.3 is 9.52 Å². The molecule has 0 aromatic carbocycles. The fourth-order valence-electron chi connectivity index (χ4n) is 2.01. The standard InChI is InChI=1S/C14H23NO3S/c1-10(2)15-14(4,13(16)17)7-5-9-19-12-6-8-18-11(12)3/h6,8,10,15H,5,7,9H2,1-4H3,(H,16,17). The SMILES string of the molecule is Cc1occc1SCCCC(C)(NC(C)C)C(=O)O. The Morgan fingerprint density at radius 1 is 1.58 bits per heavy atom. The third-order valence-corrected chi connectivity index (χ3v) is 4.20. The Bertz CT molecular complexity index is 417. The van der Waals surface area contributed by atoms with Crippen LogP contribution in [0.3, 0.4) is 0 Å². The maximum atomic E-state index is 11.3. The average molecular weight is 285 g/mol. The van der Waals surface area contributed by atoms with E-state index in [2.05, 4.69) is 5.32 Å². The lowest BCUT2D eigenvalue weighted by Crippen LogP contribution is -2.52. The van der Waals surface area contributed by atoms with Gasteiger partial charge in [-0.05, 0) is 52.4 Å². The number of hydrogen-bond acceptors (Lipinski definition) is 4. The number of aryl methyl sites for hydroxylation is 1. The summed E-state index contributed by atoms with van der Waals surface area (Å²) in [6.45, 7) is 7.61. The van der Waals surface area contributed by atoms with Gasteiger partial charge in [0.1, 0.15) is 11.3 Å². The van der Waals surface area contributed by atoms with Gasteiger partial charge in [-0.3, -0.25) is 10.1 Å². The van der Waals surface area contributed by atoms with Crippen LogP contribution in [0.5, 0.6) is 0 Å². The Kier molecular flexibility index (Phi) is 5.94. The largest absolute Gasteiger partial charge is 0.480 e. The summed E-state index contributed by atoms with van der Waals surface area (Å²) in [5.74, 6) is 1.03. The van der Waals surface area contributed by atoms with Gasteiger partial charge in [-0.1, -0.05) is 0 Å². The third-order valence-electron chi connectivity index (χ3n) is 2.97. The van der Waals surface area contributed by atoms with Gasteiger partial charge in [-0.15, -0.1) is 11.8 Å². The molecule has 1 rings (SSSR count). The van der Waals surface area contributed by atoms with Gasteiger partial charge in [0.25, 0.3) is 0 Å². The molecule has 0 saturated heterocycles. The number of thioether (sulfide) groups is 1. The van der Waals surface area contributed by atoms with Crippen LogP contribution in [0.25, 0.3) is 0 Å². The zero-order chi connectivity index (χ0) is 14.5. The number of nitrogens with one attached hydrogen (secondary N) is 1. The van der Waals surface area contributed by atoms with Crippen LogP contribution in [0.4, 0.5) is 0 Å². The molecule has 0 bridgehead atoms. The van der Waals surface area contributed by atoms with Crippen molar-refractivity contribution in [3.8, 4) is 0 Å². The van der Waals surface area contributed by atoms with Crippen molar-refractivity contribution in [2.24, 2.45) is 0 Å². The van der Waals surface area contributed by atoms with Crippen molar-refractivity contribution in [1.29, 1.82) is 0 Å². The van der Waals surface area contributed by atoms with Crippen LogP contribution in [-0.4, -0.2) is 28.4 Å². The Morgan fingerprint density at radius 2 is 2.26 bits per heavy atom. The molecule has 19 heavy (non-hydrogen) atoms. The van der Waals surface area contributed by atoms with E-state index < -0.39 is 11.5 Å². The van der Waals surface area contributed by atoms with Gasteiger partial charge in [-0.25, -0.2) is 0 Å². The third kappa shape index (κ3) is 4.91. The molecule has 1 aromatic rings. The van der Waals surface area contributed by atoms with Crippen molar-refractivity contribution in [3.63, 3.8) is 0 Å². The minimum absolute atomic E-state index is 0.157. The Balaban J connectivity index is 2.41. The molecule has 0 fully saturated rings. The summed E-state index contributed by atoms with van der Waals surface area (Å²) >= 11 is 1.71. The van der Waals surface area contributed by atoms with Crippen LogP contribution >= 0.6 is 11.8 Å². The van der Waals surface area contributed by atoms with Crippen molar-refractivity contribution in [2.75, 3.05) is 5.75 Å². The van der Waals surface area contributed by atoms with Crippen LogP contribution in [0.15, 0.2) is 21.6 Å². The molecule has 0 saturated carbocycles. The van der Waals surface area contributed by atoms with E-state index in [1.54, 1.807) is 24.9 Å². The minimum atomic E-state index is -0.847. The highest BCUT2D eigenvalue weighted by molar-refractivity contribution is 7.99. The van der Waals surface area contributed by atoms with E-state index in [-0.39, 0.29) is 6.04 Å². The highest BCUT2D eigenvalue weighted by atomic mass is 32.2. The van der Waals surface area contributed by atoms with E-state index in [1.165, 1.54) is 0 Å². The summed E-state index contributed by atoms with van der Waals surface area (Å²) in [7, 11) is 0. The van der Waals surface area contributed by atoms with E-state index in [1.807, 2.05) is 26.8 Å². The number of aliphatic carboxylic acids is 1. The van der Waals surface area contributed by atoms with Gasteiger partial charge in [-0.2, -0.15) is 0 Å². The summed E-state index contributed by atoms with van der Waals surface area (Å²) < 4.78 is 5.23. The second kappa shape index (κ2) is 7.01. The molecule has 0 aliphatic heterocycles. The summed E-state index contributed by atoms with van der Waals surface area (Å²) in [5.41, 5.74) is -0.847. The van der Waals surface area contributed by atoms with Gasteiger partial charge in [0, 0.05) is 10.9 Å². The molecular formula is C14H23NO3S. The van der Waals surface area contributed by atoms with E-state index in [4.69, 9.17) is 4.42 Å². The molecule has 2 N–H and O–H groups in total. The number of rotatable bonds is 8. The van der Waals surface area contributed by atoms with E-state index in [0.29, 0.717) is 6.42 Å². The first-order chi connectivity index (χ1) is 8.85. The summed E-state index contributed by atoms with van der Waals surface area (Å²) in [4.78, 5) is 12.5. The maximum Gasteiger partial charge on any atom is 0.323 e. The molecule has 4 nitrogen and oxygen atoms in total. The van der Waals surface area contributed by atoms with Crippen LogP contribution in [0.2, 0.25) is 0 Å². The number of carboxylic acids is 1. The van der Waals surface area contributed by atoms with Crippen molar-refractivity contribution >= 4 is 17.7 Å². The highest BCUT2D eigenvalue weighted by Gasteiger charge is 2.32. The number of carboxylic acid groups (broad SMARTS) is 1. The quantitative estimate of drug-likeness (QED) is 0.567. The monoisotopic (exact) mass is 285 g/mol. The zero-order valence-corrected chi connectivity index (χ0v) is 12.8. The van der Waals surface area contributed by atoms with Crippen molar-refractivity contribution in [1.82, 2.24) is 5.32 Å². The molecule has 1 unspecified atom stereocenters. The second-order valence-corrected chi connectivity index (χ2v) is 6.37. The average Bonchev–Trinajstić information content (AvgIpc) is 2.69. The zero-order valence-electron chi connectivity index (χ0n) is 12.0. The van der Waals surface area contributed by atoms with E-state index in [0.717, 1.165) is 22.8 Å². The summed E-state index contributed by atoms with van der Waals surface area (Å²) in [6.07, 6.45) is 3.14. The first-order valence-electron chi connectivity index (χ1n) is 6.53. The van der Waals surface area contributed by atoms with Gasteiger partial charge >= 0.3 is 5.97 Å². The summed E-state index contributed by atoms with van der Waals surface area (Å²) in [5, 5.41) is 12.5. The second-order valence-electron chi connectivity index (χ2n) is 5.23. The number of hydrogen-bond donors (Lipinski definition) is 2. The molecule has 1 aromatic heterocycles. The predicted octanol–water partition coefficient (Wildman–Crippen LogP) is 3.30. The van der Waals surface area contributed by atoms with Crippen LogP contribution in [0, 0.1) is 6.92 Å². The molecule has 0 amide bonds. The fourth-order valence-corrected chi connectivity index (χ4v) is 2.92. The Labute approximate surface area is 119 Å². The normalized spacial score (nSPS) is 14.6. The maximum absolute atomic E-state index is 11.3. The van der Waals surface area contributed by atoms with E-state index in [9.17, 15) is 9.90 Å².